The minimum absolute atomic E-state index is 0.968. The fraction of sp³-hybridized carbons (Fsp3) is 0.667. The van der Waals surface area contributed by atoms with Gasteiger partial charge in [-0.1, -0.05) is 5.92 Å². The van der Waals surface area contributed by atoms with E-state index in [-0.39, 0.29) is 0 Å². The van der Waals surface area contributed by atoms with E-state index in [1.54, 1.807) is 5.92 Å². The minimum atomic E-state index is -4.54. The topological polar surface area (TPSA) is 46.2 Å². The molecule has 0 amide bonds. The lowest BCUT2D eigenvalue weighted by Crippen LogP contribution is -2.30. The smallest absolute Gasteiger partial charge is 0.391 e. The summed E-state index contributed by atoms with van der Waals surface area (Å²) in [5, 5.41) is 8.62. The number of halogens is 3. The van der Waals surface area contributed by atoms with Crippen LogP contribution in [0.4, 0.5) is 13.2 Å². The lowest BCUT2D eigenvalue weighted by molar-refractivity contribution is -0.0698. The number of nitrogens with two attached hydrogens (primary N) is 1. The van der Waals surface area contributed by atoms with E-state index in [9.17, 15) is 13.2 Å². The molecular weight excluding hydrogens is 159 g/mol. The van der Waals surface area contributed by atoms with Gasteiger partial charge in [-0.25, -0.2) is 0 Å². The Morgan fingerprint density at radius 3 is 2.18 bits per heavy atom. The van der Waals surface area contributed by atoms with Crippen LogP contribution in [0.15, 0.2) is 0 Å². The van der Waals surface area contributed by atoms with Gasteiger partial charge in [0.1, 0.15) is 0 Å². The van der Waals surface area contributed by atoms with Crippen LogP contribution in [-0.4, -0.2) is 23.4 Å². The maximum Gasteiger partial charge on any atom is 0.457 e. The summed E-state index contributed by atoms with van der Waals surface area (Å²) in [6, 6.07) is -1.14. The molecule has 0 aromatic rings. The SMILES string of the molecule is C[C@H](O)[C@H](N)C#CC(F)(F)F. The second-order valence-electron chi connectivity index (χ2n) is 2.03. The highest BCUT2D eigenvalue weighted by molar-refractivity contribution is 5.12. The van der Waals surface area contributed by atoms with Crippen LogP contribution in [0.1, 0.15) is 6.92 Å². The summed E-state index contributed by atoms with van der Waals surface area (Å²) >= 11 is 0. The zero-order chi connectivity index (χ0) is 9.07. The third kappa shape index (κ3) is 5.70. The van der Waals surface area contributed by atoms with Crippen molar-refractivity contribution < 1.29 is 18.3 Å². The van der Waals surface area contributed by atoms with Gasteiger partial charge < -0.3 is 10.8 Å². The minimum Gasteiger partial charge on any atom is -0.391 e. The highest BCUT2D eigenvalue weighted by atomic mass is 19.4. The van der Waals surface area contributed by atoms with E-state index in [0.717, 1.165) is 5.92 Å². The Kier molecular flexibility index (Phi) is 3.36. The monoisotopic (exact) mass is 167 g/mol. The zero-order valence-electron chi connectivity index (χ0n) is 5.81. The van der Waals surface area contributed by atoms with Crippen molar-refractivity contribution in [3.8, 4) is 11.8 Å². The van der Waals surface area contributed by atoms with Crippen molar-refractivity contribution in [2.24, 2.45) is 5.73 Å². The molecule has 5 heteroatoms. The van der Waals surface area contributed by atoms with Gasteiger partial charge in [-0.15, -0.1) is 0 Å². The van der Waals surface area contributed by atoms with Crippen LogP contribution >= 0.6 is 0 Å². The van der Waals surface area contributed by atoms with Crippen molar-refractivity contribution in [3.05, 3.63) is 0 Å². The molecule has 0 saturated heterocycles. The molecule has 0 unspecified atom stereocenters. The van der Waals surface area contributed by atoms with Crippen LogP contribution in [0.3, 0.4) is 0 Å². The molecule has 64 valence electrons. The second-order valence-corrected chi connectivity index (χ2v) is 2.03. The van der Waals surface area contributed by atoms with E-state index in [0.29, 0.717) is 0 Å². The summed E-state index contributed by atoms with van der Waals surface area (Å²) in [5.41, 5.74) is 5.00. The number of hydrogen-bond acceptors (Lipinski definition) is 2. The molecule has 2 atom stereocenters. The van der Waals surface area contributed by atoms with Gasteiger partial charge in [-0.3, -0.25) is 0 Å². The van der Waals surface area contributed by atoms with Crippen LogP contribution in [0.5, 0.6) is 0 Å². The first-order valence-electron chi connectivity index (χ1n) is 2.86. The Labute approximate surface area is 62.2 Å². The quantitative estimate of drug-likeness (QED) is 0.550. The van der Waals surface area contributed by atoms with Crippen LogP contribution in [0.2, 0.25) is 0 Å². The first-order chi connectivity index (χ1) is 4.83. The van der Waals surface area contributed by atoms with E-state index in [1.807, 2.05) is 0 Å². The molecule has 0 bridgehead atoms. The van der Waals surface area contributed by atoms with Crippen LogP contribution in [0.25, 0.3) is 0 Å². The Balaban J connectivity index is 4.08. The number of aliphatic hydroxyl groups excluding tert-OH is 1. The Bertz CT molecular complexity index is 176. The van der Waals surface area contributed by atoms with Gasteiger partial charge in [-0.05, 0) is 6.92 Å². The molecular formula is C6H8F3NO. The fourth-order valence-corrected chi connectivity index (χ4v) is 0.286. The van der Waals surface area contributed by atoms with Gasteiger partial charge in [-0.2, -0.15) is 13.2 Å². The molecule has 2 nitrogen and oxygen atoms in total. The number of aliphatic hydroxyl groups is 1. The Morgan fingerprint density at radius 1 is 1.45 bits per heavy atom. The third-order valence-electron chi connectivity index (χ3n) is 0.900. The first-order valence-corrected chi connectivity index (χ1v) is 2.86. The van der Waals surface area contributed by atoms with Crippen LogP contribution < -0.4 is 5.73 Å². The summed E-state index contributed by atoms with van der Waals surface area (Å²) in [6.45, 7) is 1.27. The molecule has 11 heavy (non-hydrogen) atoms. The summed E-state index contributed by atoms with van der Waals surface area (Å²) in [5.74, 6) is 2.64. The molecule has 0 aliphatic carbocycles. The van der Waals surface area contributed by atoms with Gasteiger partial charge in [0.2, 0.25) is 0 Å². The first kappa shape index (κ1) is 10.3. The maximum atomic E-state index is 11.4. The van der Waals surface area contributed by atoms with Crippen LogP contribution in [-0.2, 0) is 0 Å². The standard InChI is InChI=1S/C6H8F3NO/c1-4(11)5(10)2-3-6(7,8)9/h4-5,11H,10H2,1H3/t4-,5+/m0/s1. The van der Waals surface area contributed by atoms with E-state index in [2.05, 4.69) is 0 Å². The normalized spacial score (nSPS) is 16.5. The lowest BCUT2D eigenvalue weighted by Gasteiger charge is -2.05. The highest BCUT2D eigenvalue weighted by Gasteiger charge is 2.23. The lowest BCUT2D eigenvalue weighted by atomic mass is 10.2. The van der Waals surface area contributed by atoms with Gasteiger partial charge >= 0.3 is 6.18 Å². The molecule has 0 aliphatic heterocycles. The number of hydrogen-bond donors (Lipinski definition) is 2. The summed E-state index contributed by atoms with van der Waals surface area (Å²) in [7, 11) is 0. The predicted molar refractivity (Wildman–Crippen MR) is 33.5 cm³/mol. The Hall–Kier alpha value is -0.730. The van der Waals surface area contributed by atoms with E-state index >= 15 is 0 Å². The molecule has 0 aromatic carbocycles. The molecule has 0 rings (SSSR count). The molecule has 0 heterocycles. The van der Waals surface area contributed by atoms with Gasteiger partial charge in [0.15, 0.2) is 0 Å². The predicted octanol–water partition coefficient (Wildman–Crippen LogP) is 0.260. The van der Waals surface area contributed by atoms with Crippen molar-refractivity contribution in [1.29, 1.82) is 0 Å². The van der Waals surface area contributed by atoms with Crippen molar-refractivity contribution in [3.63, 3.8) is 0 Å². The summed E-state index contributed by atoms with van der Waals surface area (Å²) < 4.78 is 34.1. The summed E-state index contributed by atoms with van der Waals surface area (Å²) in [6.07, 6.45) is -5.59. The zero-order valence-corrected chi connectivity index (χ0v) is 5.81. The Morgan fingerprint density at radius 2 is 1.91 bits per heavy atom. The van der Waals surface area contributed by atoms with E-state index < -0.39 is 18.3 Å². The number of alkyl halides is 3. The van der Waals surface area contributed by atoms with E-state index in [1.165, 1.54) is 6.92 Å². The molecule has 0 aliphatic rings. The second kappa shape index (κ2) is 3.60. The van der Waals surface area contributed by atoms with Gasteiger partial charge in [0.05, 0.1) is 12.1 Å². The molecule has 0 radical (unpaired) electrons. The average Bonchev–Trinajstić information content (AvgIpc) is 1.80. The largest absolute Gasteiger partial charge is 0.457 e. The molecule has 0 fully saturated rings. The summed E-state index contributed by atoms with van der Waals surface area (Å²) in [4.78, 5) is 0. The molecule has 3 N–H and O–H groups in total. The maximum absolute atomic E-state index is 11.4. The van der Waals surface area contributed by atoms with Crippen molar-refractivity contribution in [2.75, 3.05) is 0 Å². The number of rotatable bonds is 1. The van der Waals surface area contributed by atoms with Crippen molar-refractivity contribution in [2.45, 2.75) is 25.2 Å². The molecule has 0 saturated carbocycles. The third-order valence-corrected chi connectivity index (χ3v) is 0.900. The molecule has 0 aromatic heterocycles. The average molecular weight is 167 g/mol. The fourth-order valence-electron chi connectivity index (χ4n) is 0.286. The molecule has 0 spiro atoms. The van der Waals surface area contributed by atoms with E-state index in [4.69, 9.17) is 10.8 Å². The highest BCUT2D eigenvalue weighted by Crippen LogP contribution is 2.11. The van der Waals surface area contributed by atoms with Crippen LogP contribution in [0, 0.1) is 11.8 Å². The van der Waals surface area contributed by atoms with Crippen molar-refractivity contribution >= 4 is 0 Å². The van der Waals surface area contributed by atoms with Gasteiger partial charge in [0, 0.05) is 5.92 Å². The van der Waals surface area contributed by atoms with Crippen molar-refractivity contribution in [1.82, 2.24) is 0 Å². The van der Waals surface area contributed by atoms with Gasteiger partial charge in [0.25, 0.3) is 0 Å².